The second-order valence-corrected chi connectivity index (χ2v) is 7.21. The molecule has 4 rings (SSSR count). The molecule has 14 nitrogen and oxygen atoms in total. The van der Waals surface area contributed by atoms with Crippen molar-refractivity contribution in [2.24, 2.45) is 0 Å². The van der Waals surface area contributed by atoms with E-state index in [1.54, 1.807) is 36.4 Å². The number of carboxylic acids is 4. The van der Waals surface area contributed by atoms with Crippen LogP contribution >= 0.6 is 0 Å². The molecule has 0 bridgehead atoms. The van der Waals surface area contributed by atoms with Crippen molar-refractivity contribution in [3.8, 4) is 22.3 Å². The molecule has 0 aliphatic carbocycles. The van der Waals surface area contributed by atoms with Gasteiger partial charge in [0.25, 0.3) is 0 Å². The standard InChI is InChI=1S/2C13H9NO4.Ni.4H2O/c2*15-12(16)10-3-1-2-8(6-10)9-4-5-14-11(7-9)13(17)18;;;;;/h2*1-7H,(H,15,16)(H,17,18);;4*1H2/q;;+2;;;;. The Kier molecular flexibility index (Phi) is 18.0. The maximum atomic E-state index is 10.8. The first-order valence-corrected chi connectivity index (χ1v) is 10.2. The summed E-state index contributed by atoms with van der Waals surface area (Å²) < 4.78 is 0. The van der Waals surface area contributed by atoms with Gasteiger partial charge in [0.1, 0.15) is 0 Å². The van der Waals surface area contributed by atoms with Crippen LogP contribution in [-0.2, 0) is 27.4 Å². The van der Waals surface area contributed by atoms with E-state index in [0.29, 0.717) is 22.3 Å². The van der Waals surface area contributed by atoms with Gasteiger partial charge in [-0.05, 0) is 70.8 Å². The Balaban J connectivity index is -0.000000628. The SMILES string of the molecule is O.O.O=C(O)c1cccc(-c2ccnc(C(=O)[O-])c2)c1.O=C(O)c1cccc(-c2ccnc(C(=O)[O-])c2)c1.[Ni+2].[OH3+].[OH3+]. The molecule has 0 saturated heterocycles. The van der Waals surface area contributed by atoms with Crippen molar-refractivity contribution in [1.82, 2.24) is 9.97 Å². The molecule has 4 aromatic rings. The Bertz CT molecular complexity index is 1260. The van der Waals surface area contributed by atoms with Crippen molar-refractivity contribution >= 4 is 23.9 Å². The number of aromatic nitrogens is 2. The van der Waals surface area contributed by atoms with E-state index >= 15 is 0 Å². The van der Waals surface area contributed by atoms with E-state index in [4.69, 9.17) is 10.2 Å². The molecule has 0 aliphatic heterocycles. The fraction of sp³-hybridized carbons (Fsp3) is 0. The Hall–Kier alpha value is -5.05. The van der Waals surface area contributed by atoms with Gasteiger partial charge < -0.3 is 51.9 Å². The van der Waals surface area contributed by atoms with Crippen molar-refractivity contribution in [3.63, 3.8) is 0 Å². The van der Waals surface area contributed by atoms with Crippen molar-refractivity contribution < 1.29 is 78.0 Å². The number of aromatic carboxylic acids is 4. The van der Waals surface area contributed by atoms with Gasteiger partial charge in [-0.3, -0.25) is 9.97 Å². The van der Waals surface area contributed by atoms with Crippen LogP contribution in [0.15, 0.2) is 85.2 Å². The predicted molar refractivity (Wildman–Crippen MR) is 139 cm³/mol. The van der Waals surface area contributed by atoms with E-state index in [0.717, 1.165) is 0 Å². The first-order valence-electron chi connectivity index (χ1n) is 10.2. The second kappa shape index (κ2) is 18.3. The molecule has 2 heterocycles. The molecule has 0 amide bonds. The van der Waals surface area contributed by atoms with E-state index < -0.39 is 23.9 Å². The number of carbonyl (C=O) groups excluding carboxylic acids is 2. The zero-order valence-corrected chi connectivity index (χ0v) is 21.8. The number of benzene rings is 2. The van der Waals surface area contributed by atoms with E-state index in [9.17, 15) is 29.4 Å². The van der Waals surface area contributed by atoms with E-state index in [1.165, 1.54) is 48.8 Å². The number of hydrogen-bond donors (Lipinski definition) is 2. The molecular weight excluding hydrogens is 591 g/mol. The smallest absolute Gasteiger partial charge is 0.543 e. The molecule has 0 spiro atoms. The molecule has 0 fully saturated rings. The monoisotopic (exact) mass is 616 g/mol. The zero-order valence-electron chi connectivity index (χ0n) is 20.8. The van der Waals surface area contributed by atoms with E-state index in [1.807, 2.05) is 0 Å². The number of rotatable bonds is 6. The molecule has 15 heteroatoms. The molecule has 2 aromatic carbocycles. The van der Waals surface area contributed by atoms with Crippen molar-refractivity contribution in [3.05, 3.63) is 108 Å². The summed E-state index contributed by atoms with van der Waals surface area (Å²) in [5.74, 6) is -4.81. The summed E-state index contributed by atoms with van der Waals surface area (Å²) in [5.41, 5.74) is 2.28. The largest absolute Gasteiger partial charge is 2.00 e. The molecule has 0 aliphatic rings. The summed E-state index contributed by atoms with van der Waals surface area (Å²) in [5, 5.41) is 39.1. The molecule has 0 unspecified atom stereocenters. The maximum absolute atomic E-state index is 10.8. The van der Waals surface area contributed by atoms with Crippen LogP contribution in [0.1, 0.15) is 41.7 Å². The van der Waals surface area contributed by atoms with Crippen molar-refractivity contribution in [1.29, 1.82) is 0 Å². The van der Waals surface area contributed by atoms with Crippen LogP contribution in [0.3, 0.4) is 0 Å². The van der Waals surface area contributed by atoms with Gasteiger partial charge in [0.05, 0.1) is 34.5 Å². The van der Waals surface area contributed by atoms with Crippen LogP contribution in [0.4, 0.5) is 0 Å². The summed E-state index contributed by atoms with van der Waals surface area (Å²) in [6.45, 7) is 0. The van der Waals surface area contributed by atoms with Gasteiger partial charge in [-0.25, -0.2) is 9.59 Å². The first kappa shape index (κ1) is 40.5. The first-order chi connectivity index (χ1) is 17.2. The molecule has 41 heavy (non-hydrogen) atoms. The number of carboxylic acid groups (broad SMARTS) is 4. The van der Waals surface area contributed by atoms with Gasteiger partial charge in [-0.1, -0.05) is 24.3 Å². The van der Waals surface area contributed by atoms with Gasteiger partial charge in [-0.15, -0.1) is 0 Å². The van der Waals surface area contributed by atoms with Crippen LogP contribution in [0.25, 0.3) is 22.3 Å². The number of hydrogen-bond acceptors (Lipinski definition) is 8. The van der Waals surface area contributed by atoms with Crippen LogP contribution < -0.4 is 10.2 Å². The Morgan fingerprint density at radius 3 is 1.17 bits per heavy atom. The van der Waals surface area contributed by atoms with Crippen LogP contribution in [-0.4, -0.2) is 55.0 Å². The van der Waals surface area contributed by atoms with Crippen LogP contribution in [0.5, 0.6) is 0 Å². The maximum Gasteiger partial charge on any atom is 2.00 e. The number of pyridine rings is 2. The molecule has 0 atom stereocenters. The number of carbonyl (C=O) groups is 4. The quantitative estimate of drug-likeness (QED) is 0.179. The topological polar surface area (TPSA) is 310 Å². The average Bonchev–Trinajstić information content (AvgIpc) is 2.89. The predicted octanol–water partition coefficient (Wildman–Crippen LogP) is -1.88. The Morgan fingerprint density at radius 2 is 0.878 bits per heavy atom. The third kappa shape index (κ3) is 10.9. The van der Waals surface area contributed by atoms with Gasteiger partial charge in [0.15, 0.2) is 0 Å². The molecule has 0 saturated carbocycles. The van der Waals surface area contributed by atoms with Gasteiger partial charge in [0, 0.05) is 12.4 Å². The summed E-state index contributed by atoms with van der Waals surface area (Å²) in [6.07, 6.45) is 2.68. The third-order valence-corrected chi connectivity index (χ3v) is 4.82. The van der Waals surface area contributed by atoms with Crippen molar-refractivity contribution in [2.45, 2.75) is 0 Å². The average molecular weight is 617 g/mol. The minimum absolute atomic E-state index is 0. The van der Waals surface area contributed by atoms with Crippen LogP contribution in [0, 0.1) is 0 Å². The Labute approximate surface area is 241 Å². The fourth-order valence-corrected chi connectivity index (χ4v) is 3.11. The molecule has 2 aromatic heterocycles. The fourth-order valence-electron chi connectivity index (χ4n) is 3.11. The van der Waals surface area contributed by atoms with Crippen LogP contribution in [0.2, 0.25) is 0 Å². The van der Waals surface area contributed by atoms with E-state index in [2.05, 4.69) is 9.97 Å². The second-order valence-electron chi connectivity index (χ2n) is 7.21. The Morgan fingerprint density at radius 1 is 0.561 bits per heavy atom. The summed E-state index contributed by atoms with van der Waals surface area (Å²) in [6, 6.07) is 18.3. The summed E-state index contributed by atoms with van der Waals surface area (Å²) in [4.78, 5) is 50.4. The third-order valence-electron chi connectivity index (χ3n) is 4.82. The summed E-state index contributed by atoms with van der Waals surface area (Å²) >= 11 is 0. The van der Waals surface area contributed by atoms with E-state index in [-0.39, 0.29) is 60.9 Å². The van der Waals surface area contributed by atoms with Crippen molar-refractivity contribution in [2.75, 3.05) is 0 Å². The molecule has 220 valence electrons. The zero-order chi connectivity index (χ0) is 26.2. The molecule has 12 N–H and O–H groups in total. The minimum Gasteiger partial charge on any atom is -0.543 e. The van der Waals surface area contributed by atoms with Gasteiger partial charge >= 0.3 is 28.4 Å². The molecule has 0 radical (unpaired) electrons. The van der Waals surface area contributed by atoms with Gasteiger partial charge in [-0.2, -0.15) is 0 Å². The summed E-state index contributed by atoms with van der Waals surface area (Å²) in [7, 11) is 0. The molecular formula is C26H26N2NiO12+2. The normalized spacial score (nSPS) is 8.78. The minimum atomic E-state index is -1.37. The number of nitrogens with zero attached hydrogens (tertiary/aromatic N) is 2. The van der Waals surface area contributed by atoms with Gasteiger partial charge in [0.2, 0.25) is 0 Å².